The molecule has 0 fully saturated rings. The van der Waals surface area contributed by atoms with Gasteiger partial charge in [0.2, 0.25) is 0 Å². The number of hydrogen-bond donors (Lipinski definition) is 2. The van der Waals surface area contributed by atoms with E-state index in [1.165, 1.54) is 18.3 Å². The Balaban J connectivity index is 2.54. The minimum atomic E-state index is -1.00. The van der Waals surface area contributed by atoms with E-state index in [1.807, 2.05) is 0 Å². The highest BCUT2D eigenvalue weighted by Gasteiger charge is 2.14. The molecule has 0 atom stereocenters. The number of nitrogens with zero attached hydrogens (tertiary/aromatic N) is 1. The SMILES string of the molecule is O=C(O)CCNC(=O)c1cccc[n+]1[O-]. The van der Waals surface area contributed by atoms with Crippen LogP contribution in [-0.4, -0.2) is 23.5 Å². The van der Waals surface area contributed by atoms with Gasteiger partial charge in [0.25, 0.3) is 5.69 Å². The van der Waals surface area contributed by atoms with Gasteiger partial charge in [-0.05, 0) is 6.07 Å². The molecule has 0 saturated carbocycles. The molecule has 1 aromatic heterocycles. The first-order valence-electron chi connectivity index (χ1n) is 4.29. The van der Waals surface area contributed by atoms with Crippen LogP contribution in [0.1, 0.15) is 16.9 Å². The van der Waals surface area contributed by atoms with Gasteiger partial charge in [0, 0.05) is 18.7 Å². The summed E-state index contributed by atoms with van der Waals surface area (Å²) in [7, 11) is 0. The molecule has 6 heteroatoms. The number of nitrogens with one attached hydrogen (secondary N) is 1. The third-order valence-electron chi connectivity index (χ3n) is 1.68. The first kappa shape index (κ1) is 11.0. The predicted octanol–water partition coefficient (Wildman–Crippen LogP) is -0.475. The van der Waals surface area contributed by atoms with Gasteiger partial charge in [-0.25, -0.2) is 0 Å². The minimum absolute atomic E-state index is 0.00304. The normalized spacial score (nSPS) is 9.60. The maximum atomic E-state index is 11.3. The Morgan fingerprint density at radius 2 is 2.20 bits per heavy atom. The topological polar surface area (TPSA) is 93.3 Å². The summed E-state index contributed by atoms with van der Waals surface area (Å²) in [5.41, 5.74) is -0.0529. The van der Waals surface area contributed by atoms with Crippen LogP contribution in [0.25, 0.3) is 0 Å². The summed E-state index contributed by atoms with van der Waals surface area (Å²) in [6.07, 6.45) is 1.03. The average molecular weight is 210 g/mol. The van der Waals surface area contributed by atoms with Crippen molar-refractivity contribution in [3.63, 3.8) is 0 Å². The van der Waals surface area contributed by atoms with Crippen LogP contribution in [-0.2, 0) is 4.79 Å². The summed E-state index contributed by atoms with van der Waals surface area (Å²) in [6.45, 7) is 0.00304. The van der Waals surface area contributed by atoms with Crippen LogP contribution >= 0.6 is 0 Å². The van der Waals surface area contributed by atoms with Gasteiger partial charge in [-0.2, -0.15) is 4.73 Å². The Bertz CT molecular complexity index is 378. The van der Waals surface area contributed by atoms with Gasteiger partial charge in [0.15, 0.2) is 6.20 Å². The molecule has 1 aromatic rings. The predicted molar refractivity (Wildman–Crippen MR) is 50.0 cm³/mol. The van der Waals surface area contributed by atoms with Crippen molar-refractivity contribution < 1.29 is 19.4 Å². The Morgan fingerprint density at radius 3 is 2.80 bits per heavy atom. The summed E-state index contributed by atoms with van der Waals surface area (Å²) < 4.78 is 0.427. The standard InChI is InChI=1S/C9H10N2O4/c12-8(13)4-5-10-9(14)7-3-1-2-6-11(7)15/h1-3,6H,4-5H2,(H,10,14)(H,12,13). The molecule has 0 aliphatic heterocycles. The van der Waals surface area contributed by atoms with Crippen LogP contribution in [0, 0.1) is 5.21 Å². The molecule has 1 heterocycles. The third-order valence-corrected chi connectivity index (χ3v) is 1.68. The fourth-order valence-corrected chi connectivity index (χ4v) is 0.978. The highest BCUT2D eigenvalue weighted by Crippen LogP contribution is 1.90. The summed E-state index contributed by atoms with van der Waals surface area (Å²) in [5, 5.41) is 21.8. The third kappa shape index (κ3) is 3.26. The lowest BCUT2D eigenvalue weighted by molar-refractivity contribution is -0.607. The first-order valence-corrected chi connectivity index (χ1v) is 4.29. The number of amides is 1. The summed E-state index contributed by atoms with van der Waals surface area (Å²) in [5.74, 6) is -1.58. The van der Waals surface area contributed by atoms with Crippen molar-refractivity contribution in [3.05, 3.63) is 35.3 Å². The molecule has 15 heavy (non-hydrogen) atoms. The molecule has 1 amide bonds. The van der Waals surface area contributed by atoms with E-state index >= 15 is 0 Å². The van der Waals surface area contributed by atoms with Crippen molar-refractivity contribution in [1.82, 2.24) is 5.32 Å². The number of carbonyl (C=O) groups is 2. The second-order valence-corrected chi connectivity index (χ2v) is 2.81. The lowest BCUT2D eigenvalue weighted by Crippen LogP contribution is -2.39. The van der Waals surface area contributed by atoms with E-state index < -0.39 is 11.9 Å². The van der Waals surface area contributed by atoms with Crippen LogP contribution in [0.5, 0.6) is 0 Å². The van der Waals surface area contributed by atoms with E-state index in [0.717, 1.165) is 0 Å². The second kappa shape index (κ2) is 4.94. The van der Waals surface area contributed by atoms with Crippen molar-refractivity contribution in [3.8, 4) is 0 Å². The number of carbonyl (C=O) groups excluding carboxylic acids is 1. The summed E-state index contributed by atoms with van der Waals surface area (Å²) >= 11 is 0. The van der Waals surface area contributed by atoms with Crippen molar-refractivity contribution in [1.29, 1.82) is 0 Å². The maximum absolute atomic E-state index is 11.3. The van der Waals surface area contributed by atoms with Crippen molar-refractivity contribution in [2.24, 2.45) is 0 Å². The van der Waals surface area contributed by atoms with Crippen LogP contribution < -0.4 is 10.0 Å². The number of pyridine rings is 1. The van der Waals surface area contributed by atoms with Crippen molar-refractivity contribution in [2.45, 2.75) is 6.42 Å². The van der Waals surface area contributed by atoms with Gasteiger partial charge >= 0.3 is 11.9 Å². The lowest BCUT2D eigenvalue weighted by atomic mass is 10.3. The molecule has 80 valence electrons. The van der Waals surface area contributed by atoms with Crippen molar-refractivity contribution in [2.75, 3.05) is 6.54 Å². The molecule has 0 saturated heterocycles. The molecule has 0 radical (unpaired) electrons. The first-order chi connectivity index (χ1) is 7.11. The number of hydrogen-bond acceptors (Lipinski definition) is 3. The van der Waals surface area contributed by atoms with Gasteiger partial charge in [-0.1, -0.05) is 0 Å². The Morgan fingerprint density at radius 1 is 1.47 bits per heavy atom. The molecule has 2 N–H and O–H groups in total. The number of aliphatic carboxylic acids is 1. The van der Waals surface area contributed by atoms with Crippen LogP contribution in [0.3, 0.4) is 0 Å². The summed E-state index contributed by atoms with van der Waals surface area (Å²) in [4.78, 5) is 21.5. The zero-order chi connectivity index (χ0) is 11.3. The zero-order valence-electron chi connectivity index (χ0n) is 7.84. The molecular formula is C9H10N2O4. The smallest absolute Gasteiger partial charge is 0.317 e. The van der Waals surface area contributed by atoms with E-state index in [1.54, 1.807) is 6.07 Å². The van der Waals surface area contributed by atoms with E-state index in [0.29, 0.717) is 4.73 Å². The number of carboxylic acid groups (broad SMARTS) is 1. The van der Waals surface area contributed by atoms with Gasteiger partial charge in [0.05, 0.1) is 6.42 Å². The molecule has 0 bridgehead atoms. The molecule has 0 spiro atoms. The van der Waals surface area contributed by atoms with Gasteiger partial charge in [-0.15, -0.1) is 0 Å². The number of aromatic nitrogens is 1. The molecule has 1 rings (SSSR count). The monoisotopic (exact) mass is 210 g/mol. The molecule has 6 nitrogen and oxygen atoms in total. The fraction of sp³-hybridized carbons (Fsp3) is 0.222. The van der Waals surface area contributed by atoms with E-state index in [4.69, 9.17) is 5.11 Å². The van der Waals surface area contributed by atoms with Crippen molar-refractivity contribution >= 4 is 11.9 Å². The molecule has 0 unspecified atom stereocenters. The molecular weight excluding hydrogens is 200 g/mol. The molecule has 0 aromatic carbocycles. The average Bonchev–Trinajstić information content (AvgIpc) is 2.17. The maximum Gasteiger partial charge on any atom is 0.317 e. The highest BCUT2D eigenvalue weighted by molar-refractivity contribution is 5.91. The van der Waals surface area contributed by atoms with Gasteiger partial charge in [-0.3, -0.25) is 9.59 Å². The van der Waals surface area contributed by atoms with E-state index in [9.17, 15) is 14.8 Å². The zero-order valence-corrected chi connectivity index (χ0v) is 7.84. The molecule has 0 aliphatic carbocycles. The number of carboxylic acids is 1. The molecule has 0 aliphatic rings. The Hall–Kier alpha value is -2.11. The van der Waals surface area contributed by atoms with E-state index in [-0.39, 0.29) is 18.7 Å². The quantitative estimate of drug-likeness (QED) is 0.518. The lowest BCUT2D eigenvalue weighted by Gasteiger charge is -2.03. The van der Waals surface area contributed by atoms with Crippen LogP contribution in [0.15, 0.2) is 24.4 Å². The largest absolute Gasteiger partial charge is 0.618 e. The fourth-order valence-electron chi connectivity index (χ4n) is 0.978. The van der Waals surface area contributed by atoms with Gasteiger partial charge in [0.1, 0.15) is 0 Å². The Labute approximate surface area is 85.7 Å². The van der Waals surface area contributed by atoms with Crippen LogP contribution in [0.2, 0.25) is 0 Å². The minimum Gasteiger partial charge on any atom is -0.618 e. The highest BCUT2D eigenvalue weighted by atomic mass is 16.5. The van der Waals surface area contributed by atoms with Gasteiger partial charge < -0.3 is 15.6 Å². The Kier molecular flexibility index (Phi) is 3.61. The number of rotatable bonds is 4. The van der Waals surface area contributed by atoms with E-state index in [2.05, 4.69) is 5.32 Å². The summed E-state index contributed by atoms with van der Waals surface area (Å²) in [6, 6.07) is 4.42. The van der Waals surface area contributed by atoms with Crippen LogP contribution in [0.4, 0.5) is 0 Å². The second-order valence-electron chi connectivity index (χ2n) is 2.81.